The van der Waals surface area contributed by atoms with Gasteiger partial charge < -0.3 is 10.1 Å². The molecule has 0 atom stereocenters. The summed E-state index contributed by atoms with van der Waals surface area (Å²) in [6.45, 7) is 1.70. The van der Waals surface area contributed by atoms with E-state index in [0.29, 0.717) is 0 Å². The third-order valence-electron chi connectivity index (χ3n) is 2.99. The van der Waals surface area contributed by atoms with Gasteiger partial charge in [-0.05, 0) is 48.4 Å². The molecule has 0 aromatic heterocycles. The number of methoxy groups -OCH3 is 1. The lowest BCUT2D eigenvalue weighted by Gasteiger charge is -2.06. The van der Waals surface area contributed by atoms with Crippen molar-refractivity contribution >= 4 is 12.4 Å². The molecule has 0 bridgehead atoms. The van der Waals surface area contributed by atoms with Gasteiger partial charge in [0.05, 0.1) is 7.11 Å². The van der Waals surface area contributed by atoms with Crippen molar-refractivity contribution in [2.45, 2.75) is 13.0 Å². The van der Waals surface area contributed by atoms with E-state index >= 15 is 0 Å². The molecule has 0 unspecified atom stereocenters. The molecule has 2 nitrogen and oxygen atoms in total. The van der Waals surface area contributed by atoms with Crippen LogP contribution in [0.2, 0.25) is 0 Å². The van der Waals surface area contributed by atoms with Gasteiger partial charge in [-0.2, -0.15) is 0 Å². The minimum Gasteiger partial charge on any atom is -0.497 e. The Labute approximate surface area is 125 Å². The van der Waals surface area contributed by atoms with Gasteiger partial charge in [-0.15, -0.1) is 12.4 Å². The minimum atomic E-state index is -0.185. The van der Waals surface area contributed by atoms with Gasteiger partial charge in [0, 0.05) is 6.54 Å². The monoisotopic (exact) mass is 295 g/mol. The van der Waals surface area contributed by atoms with Crippen LogP contribution in [0.25, 0.3) is 0 Å². The van der Waals surface area contributed by atoms with E-state index in [-0.39, 0.29) is 18.2 Å². The Bertz CT molecular complexity index is 499. The van der Waals surface area contributed by atoms with Gasteiger partial charge in [0.15, 0.2) is 0 Å². The second-order valence-electron chi connectivity index (χ2n) is 4.40. The van der Waals surface area contributed by atoms with Crippen molar-refractivity contribution in [1.82, 2.24) is 5.32 Å². The molecule has 2 rings (SSSR count). The highest BCUT2D eigenvalue weighted by atomic mass is 35.5. The Morgan fingerprint density at radius 2 is 1.55 bits per heavy atom. The van der Waals surface area contributed by atoms with Gasteiger partial charge in [0.25, 0.3) is 0 Å². The van der Waals surface area contributed by atoms with Crippen LogP contribution in [0.3, 0.4) is 0 Å². The summed E-state index contributed by atoms with van der Waals surface area (Å²) in [5.74, 6) is 0.685. The average Bonchev–Trinajstić information content (AvgIpc) is 2.46. The Hall–Kier alpha value is -1.58. The van der Waals surface area contributed by atoms with Crippen LogP contribution >= 0.6 is 12.4 Å². The minimum absolute atomic E-state index is 0. The molecule has 108 valence electrons. The van der Waals surface area contributed by atoms with Crippen molar-refractivity contribution in [3.05, 3.63) is 65.5 Å². The molecule has 2 aromatic carbocycles. The number of hydrogen-bond donors (Lipinski definition) is 1. The Morgan fingerprint density at radius 1 is 0.950 bits per heavy atom. The Morgan fingerprint density at radius 3 is 2.15 bits per heavy atom. The number of hydrogen-bond acceptors (Lipinski definition) is 2. The van der Waals surface area contributed by atoms with Gasteiger partial charge >= 0.3 is 0 Å². The van der Waals surface area contributed by atoms with Crippen molar-refractivity contribution in [3.8, 4) is 5.75 Å². The van der Waals surface area contributed by atoms with Crippen LogP contribution in [0.5, 0.6) is 5.75 Å². The third kappa shape index (κ3) is 5.19. The quantitative estimate of drug-likeness (QED) is 0.822. The van der Waals surface area contributed by atoms with E-state index in [4.69, 9.17) is 4.74 Å². The highest BCUT2D eigenvalue weighted by molar-refractivity contribution is 5.85. The van der Waals surface area contributed by atoms with E-state index in [1.54, 1.807) is 7.11 Å². The fourth-order valence-electron chi connectivity index (χ4n) is 1.86. The molecule has 4 heteroatoms. The lowest BCUT2D eigenvalue weighted by molar-refractivity contribution is 0.414. The highest BCUT2D eigenvalue weighted by Crippen LogP contribution is 2.11. The van der Waals surface area contributed by atoms with E-state index in [9.17, 15) is 4.39 Å². The van der Waals surface area contributed by atoms with Crippen LogP contribution in [0.1, 0.15) is 11.1 Å². The van der Waals surface area contributed by atoms with E-state index in [1.165, 1.54) is 17.7 Å². The van der Waals surface area contributed by atoms with Crippen molar-refractivity contribution in [3.63, 3.8) is 0 Å². The summed E-state index contributed by atoms with van der Waals surface area (Å²) in [5.41, 5.74) is 2.36. The first-order valence-electron chi connectivity index (χ1n) is 6.36. The second-order valence-corrected chi connectivity index (χ2v) is 4.40. The maximum Gasteiger partial charge on any atom is 0.123 e. The summed E-state index contributed by atoms with van der Waals surface area (Å²) >= 11 is 0. The molecular weight excluding hydrogens is 277 g/mol. The van der Waals surface area contributed by atoms with Gasteiger partial charge in [0.1, 0.15) is 11.6 Å². The van der Waals surface area contributed by atoms with Gasteiger partial charge in [-0.1, -0.05) is 24.3 Å². The van der Waals surface area contributed by atoms with E-state index < -0.39 is 0 Å². The van der Waals surface area contributed by atoms with Crippen molar-refractivity contribution in [1.29, 1.82) is 0 Å². The summed E-state index contributed by atoms with van der Waals surface area (Å²) in [6, 6.07) is 14.6. The van der Waals surface area contributed by atoms with Gasteiger partial charge in [0.2, 0.25) is 0 Å². The molecule has 1 N–H and O–H groups in total. The van der Waals surface area contributed by atoms with Crippen LogP contribution in [0.15, 0.2) is 48.5 Å². The lowest BCUT2D eigenvalue weighted by Crippen LogP contribution is -2.16. The summed E-state index contributed by atoms with van der Waals surface area (Å²) in [5, 5.41) is 3.37. The molecule has 0 aliphatic carbocycles. The summed E-state index contributed by atoms with van der Waals surface area (Å²) in [6.07, 6.45) is 0.899. The average molecular weight is 296 g/mol. The number of rotatable bonds is 6. The van der Waals surface area contributed by atoms with E-state index in [0.717, 1.165) is 30.8 Å². The topological polar surface area (TPSA) is 21.3 Å². The number of halogens is 2. The normalized spacial score (nSPS) is 9.90. The molecule has 0 spiro atoms. The van der Waals surface area contributed by atoms with Crippen LogP contribution in [-0.4, -0.2) is 13.7 Å². The molecular formula is C16H19ClFNO. The first-order chi connectivity index (χ1) is 9.28. The zero-order valence-electron chi connectivity index (χ0n) is 11.4. The molecule has 0 saturated carbocycles. The van der Waals surface area contributed by atoms with Gasteiger partial charge in [-0.25, -0.2) is 4.39 Å². The predicted octanol–water partition coefficient (Wildman–Crippen LogP) is 3.59. The lowest BCUT2D eigenvalue weighted by atomic mass is 10.1. The van der Waals surface area contributed by atoms with Gasteiger partial charge in [-0.3, -0.25) is 0 Å². The number of ether oxygens (including phenoxy) is 1. The molecule has 20 heavy (non-hydrogen) atoms. The molecule has 0 radical (unpaired) electrons. The zero-order valence-corrected chi connectivity index (χ0v) is 12.3. The maximum absolute atomic E-state index is 12.7. The van der Waals surface area contributed by atoms with Crippen LogP contribution in [0.4, 0.5) is 4.39 Å². The number of benzene rings is 2. The van der Waals surface area contributed by atoms with Crippen LogP contribution in [0, 0.1) is 5.82 Å². The molecule has 0 heterocycles. The molecule has 0 aliphatic rings. The largest absolute Gasteiger partial charge is 0.497 e. The SMILES string of the molecule is COc1ccc(CNCCc2ccc(F)cc2)cc1.Cl. The first-order valence-corrected chi connectivity index (χ1v) is 6.36. The standard InChI is InChI=1S/C16H18FNO.ClH/c1-19-16-8-4-14(5-9-16)12-18-11-10-13-2-6-15(17)7-3-13;/h2-9,18H,10-12H2,1H3;1H. The van der Waals surface area contributed by atoms with Crippen LogP contribution in [-0.2, 0) is 13.0 Å². The Kier molecular flexibility index (Phi) is 7.05. The highest BCUT2D eigenvalue weighted by Gasteiger charge is 1.96. The van der Waals surface area contributed by atoms with Crippen LogP contribution < -0.4 is 10.1 Å². The van der Waals surface area contributed by atoms with E-state index in [1.807, 2.05) is 36.4 Å². The summed E-state index contributed by atoms with van der Waals surface area (Å²) < 4.78 is 17.8. The summed E-state index contributed by atoms with van der Waals surface area (Å²) in [7, 11) is 1.66. The van der Waals surface area contributed by atoms with Crippen molar-refractivity contribution in [2.24, 2.45) is 0 Å². The first kappa shape index (κ1) is 16.5. The smallest absolute Gasteiger partial charge is 0.123 e. The van der Waals surface area contributed by atoms with Crippen molar-refractivity contribution in [2.75, 3.05) is 13.7 Å². The molecule has 2 aromatic rings. The zero-order chi connectivity index (χ0) is 13.5. The molecule has 0 amide bonds. The predicted molar refractivity (Wildman–Crippen MR) is 82.1 cm³/mol. The van der Waals surface area contributed by atoms with Crippen molar-refractivity contribution < 1.29 is 9.13 Å². The summed E-state index contributed by atoms with van der Waals surface area (Å²) in [4.78, 5) is 0. The fraction of sp³-hybridized carbons (Fsp3) is 0.250. The Balaban J connectivity index is 0.00000200. The number of nitrogens with one attached hydrogen (secondary N) is 1. The van der Waals surface area contributed by atoms with E-state index in [2.05, 4.69) is 5.32 Å². The second kappa shape index (κ2) is 8.56. The fourth-order valence-corrected chi connectivity index (χ4v) is 1.86. The third-order valence-corrected chi connectivity index (χ3v) is 2.99. The molecule has 0 aliphatic heterocycles. The molecule has 0 saturated heterocycles. The molecule has 0 fully saturated rings. The maximum atomic E-state index is 12.7.